The number of carboxylic acid groups (broad SMARTS) is 1. The van der Waals surface area contributed by atoms with Crippen molar-refractivity contribution in [2.45, 2.75) is 33.7 Å². The molecule has 0 unspecified atom stereocenters. The summed E-state index contributed by atoms with van der Waals surface area (Å²) in [4.78, 5) is 15.9. The van der Waals surface area contributed by atoms with Gasteiger partial charge in [0.15, 0.2) is 0 Å². The number of carbonyl (C=O) groups is 1. The molecule has 0 atom stereocenters. The van der Waals surface area contributed by atoms with Crippen LogP contribution in [0.5, 0.6) is 0 Å². The van der Waals surface area contributed by atoms with Gasteiger partial charge in [-0.3, -0.25) is 9.58 Å². The van der Waals surface area contributed by atoms with E-state index in [0.717, 1.165) is 44.8 Å². The Hall–Kier alpha value is -1.40. The molecule has 0 radical (unpaired) electrons. The van der Waals surface area contributed by atoms with Crippen LogP contribution < -0.4 is 0 Å². The molecule has 1 heterocycles. The van der Waals surface area contributed by atoms with Gasteiger partial charge in [0.2, 0.25) is 0 Å². The molecular weight excluding hydrogens is 268 g/mol. The first-order valence-corrected chi connectivity index (χ1v) is 7.72. The number of rotatable bonds is 10. The number of nitrogens with zero attached hydrogens (tertiary/aromatic N) is 4. The van der Waals surface area contributed by atoms with Gasteiger partial charge in [-0.2, -0.15) is 5.10 Å². The molecule has 0 aromatic carbocycles. The zero-order valence-corrected chi connectivity index (χ0v) is 13.7. The molecule has 6 nitrogen and oxygen atoms in total. The van der Waals surface area contributed by atoms with Gasteiger partial charge in [0, 0.05) is 13.6 Å². The van der Waals surface area contributed by atoms with Gasteiger partial charge in [0.1, 0.15) is 5.56 Å². The molecule has 1 aromatic rings. The summed E-state index contributed by atoms with van der Waals surface area (Å²) in [5.74, 6) is -0.905. The quantitative estimate of drug-likeness (QED) is 0.711. The highest BCUT2D eigenvalue weighted by Crippen LogP contribution is 2.11. The number of carboxylic acids is 1. The van der Waals surface area contributed by atoms with Crippen LogP contribution in [0.2, 0.25) is 0 Å². The largest absolute Gasteiger partial charge is 0.478 e. The Kier molecular flexibility index (Phi) is 7.39. The van der Waals surface area contributed by atoms with Crippen molar-refractivity contribution in [3.63, 3.8) is 0 Å². The maximum absolute atomic E-state index is 11.2. The van der Waals surface area contributed by atoms with Crippen LogP contribution in [0.25, 0.3) is 0 Å². The van der Waals surface area contributed by atoms with Gasteiger partial charge in [0.25, 0.3) is 0 Å². The Morgan fingerprint density at radius 1 is 1.19 bits per heavy atom. The predicted octanol–water partition coefficient (Wildman–Crippen LogP) is 1.67. The third kappa shape index (κ3) is 5.13. The van der Waals surface area contributed by atoms with Crippen LogP contribution in [0.15, 0.2) is 6.20 Å². The summed E-state index contributed by atoms with van der Waals surface area (Å²) in [6.45, 7) is 12.2. The molecule has 1 N–H and O–H groups in total. The third-order valence-electron chi connectivity index (χ3n) is 3.96. The fourth-order valence-corrected chi connectivity index (χ4v) is 2.45. The highest BCUT2D eigenvalue weighted by Gasteiger charge is 2.17. The number of aryl methyl sites for hydroxylation is 1. The van der Waals surface area contributed by atoms with Gasteiger partial charge >= 0.3 is 5.97 Å². The van der Waals surface area contributed by atoms with E-state index in [4.69, 9.17) is 0 Å². The second-order valence-corrected chi connectivity index (χ2v) is 5.18. The molecule has 0 aliphatic carbocycles. The van der Waals surface area contributed by atoms with Crippen molar-refractivity contribution in [2.75, 3.05) is 32.7 Å². The van der Waals surface area contributed by atoms with Crippen LogP contribution in [0.4, 0.5) is 0 Å². The minimum atomic E-state index is -0.905. The second-order valence-electron chi connectivity index (χ2n) is 5.18. The Morgan fingerprint density at radius 2 is 1.76 bits per heavy atom. The van der Waals surface area contributed by atoms with Crippen molar-refractivity contribution < 1.29 is 9.90 Å². The van der Waals surface area contributed by atoms with Gasteiger partial charge in [0.05, 0.1) is 11.9 Å². The summed E-state index contributed by atoms with van der Waals surface area (Å²) in [6, 6.07) is 0. The van der Waals surface area contributed by atoms with Crippen molar-refractivity contribution in [2.24, 2.45) is 7.05 Å². The average Bonchev–Trinajstić information content (AvgIpc) is 2.83. The van der Waals surface area contributed by atoms with Gasteiger partial charge in [-0.1, -0.05) is 20.8 Å². The predicted molar refractivity (Wildman–Crippen MR) is 83.5 cm³/mol. The van der Waals surface area contributed by atoms with Crippen molar-refractivity contribution in [3.05, 3.63) is 17.5 Å². The fraction of sp³-hybridized carbons (Fsp3) is 0.733. The maximum atomic E-state index is 11.2. The normalized spacial score (nSPS) is 11.5. The van der Waals surface area contributed by atoms with Gasteiger partial charge in [-0.15, -0.1) is 0 Å². The Morgan fingerprint density at radius 3 is 2.29 bits per heavy atom. The summed E-state index contributed by atoms with van der Waals surface area (Å²) in [5.41, 5.74) is 1.08. The molecule has 21 heavy (non-hydrogen) atoms. The summed E-state index contributed by atoms with van der Waals surface area (Å²) in [5, 5.41) is 13.3. The van der Waals surface area contributed by atoms with E-state index in [-0.39, 0.29) is 0 Å². The highest BCUT2D eigenvalue weighted by atomic mass is 16.4. The monoisotopic (exact) mass is 296 g/mol. The summed E-state index contributed by atoms with van der Waals surface area (Å²) in [7, 11) is 1.80. The van der Waals surface area contributed by atoms with E-state index in [2.05, 4.69) is 35.7 Å². The lowest BCUT2D eigenvalue weighted by Gasteiger charge is -2.23. The molecular formula is C15H28N4O2. The molecule has 0 saturated heterocycles. The van der Waals surface area contributed by atoms with E-state index in [1.165, 1.54) is 6.20 Å². The lowest BCUT2D eigenvalue weighted by atomic mass is 10.2. The molecule has 0 bridgehead atoms. The number of aromatic carboxylic acids is 1. The molecule has 6 heteroatoms. The van der Waals surface area contributed by atoms with Crippen LogP contribution >= 0.6 is 0 Å². The van der Waals surface area contributed by atoms with E-state index in [0.29, 0.717) is 12.1 Å². The summed E-state index contributed by atoms with van der Waals surface area (Å²) < 4.78 is 1.66. The van der Waals surface area contributed by atoms with E-state index >= 15 is 0 Å². The number of aromatic nitrogens is 2. The molecule has 0 fully saturated rings. The molecule has 120 valence electrons. The summed E-state index contributed by atoms with van der Waals surface area (Å²) in [6.07, 6.45) is 2.52. The van der Waals surface area contributed by atoms with Crippen molar-refractivity contribution >= 4 is 5.97 Å². The molecule has 0 aliphatic heterocycles. The van der Waals surface area contributed by atoms with Crippen LogP contribution in [0, 0.1) is 0 Å². The van der Waals surface area contributed by atoms with Gasteiger partial charge < -0.3 is 10.0 Å². The standard InChI is InChI=1S/C15H28N4O2/c1-5-18(6-2)9-8-10-19(7-3)12-14-13(15(20)21)11-16-17(14)4/h11H,5-10,12H2,1-4H3,(H,20,21). The highest BCUT2D eigenvalue weighted by molar-refractivity contribution is 5.88. The fourth-order valence-electron chi connectivity index (χ4n) is 2.45. The van der Waals surface area contributed by atoms with E-state index in [9.17, 15) is 9.90 Å². The van der Waals surface area contributed by atoms with Crippen LogP contribution in [0.3, 0.4) is 0 Å². The summed E-state index contributed by atoms with van der Waals surface area (Å²) >= 11 is 0. The molecule has 0 aliphatic rings. The maximum Gasteiger partial charge on any atom is 0.339 e. The molecule has 0 saturated carbocycles. The van der Waals surface area contributed by atoms with E-state index in [1.54, 1.807) is 11.7 Å². The van der Waals surface area contributed by atoms with E-state index < -0.39 is 5.97 Å². The van der Waals surface area contributed by atoms with Gasteiger partial charge in [-0.25, -0.2) is 4.79 Å². The topological polar surface area (TPSA) is 61.6 Å². The minimum absolute atomic E-state index is 0.305. The minimum Gasteiger partial charge on any atom is -0.478 e. The first-order chi connectivity index (χ1) is 10.0. The zero-order chi connectivity index (χ0) is 15.8. The zero-order valence-electron chi connectivity index (χ0n) is 13.7. The Balaban J connectivity index is 2.58. The lowest BCUT2D eigenvalue weighted by Crippen LogP contribution is -2.30. The van der Waals surface area contributed by atoms with Crippen molar-refractivity contribution in [1.82, 2.24) is 19.6 Å². The molecule has 0 spiro atoms. The average molecular weight is 296 g/mol. The lowest BCUT2D eigenvalue weighted by molar-refractivity contribution is 0.0694. The van der Waals surface area contributed by atoms with Crippen LogP contribution in [-0.2, 0) is 13.6 Å². The van der Waals surface area contributed by atoms with Gasteiger partial charge in [-0.05, 0) is 39.1 Å². The second kappa shape index (κ2) is 8.79. The Bertz CT molecular complexity index is 441. The third-order valence-corrected chi connectivity index (χ3v) is 3.96. The van der Waals surface area contributed by atoms with Crippen LogP contribution in [0.1, 0.15) is 43.2 Å². The number of hydrogen-bond acceptors (Lipinski definition) is 4. The van der Waals surface area contributed by atoms with Crippen molar-refractivity contribution in [1.29, 1.82) is 0 Å². The smallest absolute Gasteiger partial charge is 0.339 e. The first kappa shape index (κ1) is 17.7. The molecule has 1 aromatic heterocycles. The molecule has 1 rings (SSSR count). The SMILES string of the molecule is CCN(CC)CCCN(CC)Cc1c(C(=O)O)cnn1C. The number of hydrogen-bond donors (Lipinski definition) is 1. The molecule has 0 amide bonds. The first-order valence-electron chi connectivity index (χ1n) is 7.72. The van der Waals surface area contributed by atoms with Crippen LogP contribution in [-0.4, -0.2) is 63.4 Å². The van der Waals surface area contributed by atoms with E-state index in [1.807, 2.05) is 0 Å². The van der Waals surface area contributed by atoms with Crippen molar-refractivity contribution in [3.8, 4) is 0 Å². The Labute approximate surface area is 127 Å².